The number of carbonyl (C=O) groups excluding carboxylic acids is 3. The first kappa shape index (κ1) is 19.7. The van der Waals surface area contributed by atoms with E-state index >= 15 is 0 Å². The van der Waals surface area contributed by atoms with Gasteiger partial charge >= 0.3 is 6.03 Å². The fourth-order valence-electron chi connectivity index (χ4n) is 5.02. The number of urea groups is 1. The van der Waals surface area contributed by atoms with Crippen molar-refractivity contribution in [2.24, 2.45) is 0 Å². The molecule has 1 spiro atoms. The van der Waals surface area contributed by atoms with E-state index in [0.29, 0.717) is 25.9 Å². The van der Waals surface area contributed by atoms with E-state index in [0.717, 1.165) is 32.4 Å². The highest BCUT2D eigenvalue weighted by atomic mass is 16.2. The van der Waals surface area contributed by atoms with E-state index in [-0.39, 0.29) is 24.4 Å². The molecular formula is C22H30N4O3. The zero-order valence-electron chi connectivity index (χ0n) is 17.4. The molecule has 29 heavy (non-hydrogen) atoms. The molecule has 4 rings (SSSR count). The van der Waals surface area contributed by atoms with Gasteiger partial charge in [0.15, 0.2) is 0 Å². The Hall–Kier alpha value is -2.57. The van der Waals surface area contributed by atoms with Crippen LogP contribution in [0.5, 0.6) is 0 Å². The van der Waals surface area contributed by atoms with Crippen molar-refractivity contribution in [3.8, 4) is 0 Å². The summed E-state index contributed by atoms with van der Waals surface area (Å²) in [6.45, 7) is 4.66. The van der Waals surface area contributed by atoms with Crippen LogP contribution in [-0.2, 0) is 9.59 Å². The number of rotatable bonds is 3. The molecule has 1 aromatic rings. The Morgan fingerprint density at radius 1 is 1.00 bits per heavy atom. The van der Waals surface area contributed by atoms with Crippen LogP contribution < -0.4 is 4.90 Å². The number of likely N-dealkylation sites (N-methyl/N-ethyl adjacent to an activating group) is 1. The van der Waals surface area contributed by atoms with Crippen LogP contribution in [0.15, 0.2) is 24.3 Å². The van der Waals surface area contributed by atoms with Gasteiger partial charge in [-0.15, -0.1) is 0 Å². The minimum atomic E-state index is -0.723. The molecule has 7 nitrogen and oxygen atoms in total. The van der Waals surface area contributed by atoms with Crippen molar-refractivity contribution in [3.05, 3.63) is 29.8 Å². The predicted molar refractivity (Wildman–Crippen MR) is 111 cm³/mol. The summed E-state index contributed by atoms with van der Waals surface area (Å²) in [6.07, 6.45) is 4.40. The normalized spacial score (nSPS) is 22.0. The van der Waals surface area contributed by atoms with Crippen LogP contribution in [0.1, 0.15) is 37.7 Å². The van der Waals surface area contributed by atoms with E-state index in [4.69, 9.17) is 0 Å². The molecule has 1 aromatic carbocycles. The van der Waals surface area contributed by atoms with E-state index in [2.05, 4.69) is 24.0 Å². The quantitative estimate of drug-likeness (QED) is 0.733. The monoisotopic (exact) mass is 398 g/mol. The highest BCUT2D eigenvalue weighted by molar-refractivity contribution is 6.09. The molecule has 3 aliphatic rings. The molecule has 2 aliphatic heterocycles. The summed E-state index contributed by atoms with van der Waals surface area (Å²) in [4.78, 5) is 45.5. The fraction of sp³-hybridized carbons (Fsp3) is 0.591. The number of piperazine rings is 1. The van der Waals surface area contributed by atoms with Gasteiger partial charge in [-0.05, 0) is 31.4 Å². The second-order valence-corrected chi connectivity index (χ2v) is 8.48. The standard InChI is InChI=1S/C22H30N4O3/c1-17-8-4-5-9-18(17)24-12-14-25(15-13-24)19(27)16-26-20(28)22(23(2)21(26)29)10-6-3-7-11-22/h4-5,8-9H,3,6-7,10-16H2,1-2H3. The molecule has 3 fully saturated rings. The van der Waals surface area contributed by atoms with Crippen LogP contribution in [0.3, 0.4) is 0 Å². The van der Waals surface area contributed by atoms with Gasteiger partial charge in [0.2, 0.25) is 5.91 Å². The molecule has 1 saturated carbocycles. The highest BCUT2D eigenvalue weighted by Gasteiger charge is 2.56. The van der Waals surface area contributed by atoms with Crippen LogP contribution in [0, 0.1) is 6.92 Å². The average Bonchev–Trinajstić information content (AvgIpc) is 2.91. The maximum atomic E-state index is 13.1. The lowest BCUT2D eigenvalue weighted by molar-refractivity contribution is -0.140. The zero-order valence-corrected chi connectivity index (χ0v) is 17.4. The SMILES string of the molecule is Cc1ccccc1N1CCN(C(=O)CN2C(=O)N(C)C3(CCCCC3)C2=O)CC1. The Labute approximate surface area is 172 Å². The lowest BCUT2D eigenvalue weighted by atomic mass is 9.81. The summed E-state index contributed by atoms with van der Waals surface area (Å²) >= 11 is 0. The van der Waals surface area contributed by atoms with E-state index in [1.165, 1.54) is 16.2 Å². The van der Waals surface area contributed by atoms with E-state index in [9.17, 15) is 14.4 Å². The van der Waals surface area contributed by atoms with Crippen LogP contribution in [-0.4, -0.2) is 77.9 Å². The Kier molecular flexibility index (Phi) is 5.23. The summed E-state index contributed by atoms with van der Waals surface area (Å²) in [5.41, 5.74) is 1.70. The van der Waals surface area contributed by atoms with Crippen molar-refractivity contribution in [1.82, 2.24) is 14.7 Å². The van der Waals surface area contributed by atoms with Gasteiger partial charge in [0.05, 0.1) is 0 Å². The molecule has 2 heterocycles. The van der Waals surface area contributed by atoms with Gasteiger partial charge in [-0.1, -0.05) is 37.5 Å². The Balaban J connectivity index is 1.38. The maximum Gasteiger partial charge on any atom is 0.327 e. The fourth-order valence-corrected chi connectivity index (χ4v) is 5.02. The largest absolute Gasteiger partial charge is 0.368 e. The molecule has 1 aliphatic carbocycles. The predicted octanol–water partition coefficient (Wildman–Crippen LogP) is 2.24. The molecule has 7 heteroatoms. The third-order valence-corrected chi connectivity index (χ3v) is 6.87. The summed E-state index contributed by atoms with van der Waals surface area (Å²) in [7, 11) is 1.71. The topological polar surface area (TPSA) is 64.2 Å². The third-order valence-electron chi connectivity index (χ3n) is 6.87. The number of imide groups is 1. The number of nitrogens with zero attached hydrogens (tertiary/aromatic N) is 4. The summed E-state index contributed by atoms with van der Waals surface area (Å²) in [5.74, 6) is -0.325. The first-order chi connectivity index (χ1) is 13.9. The van der Waals surface area contributed by atoms with Gasteiger partial charge in [0, 0.05) is 38.9 Å². The molecule has 2 saturated heterocycles. The number of carbonyl (C=O) groups is 3. The van der Waals surface area contributed by atoms with Gasteiger partial charge in [-0.25, -0.2) is 4.79 Å². The van der Waals surface area contributed by atoms with Crippen molar-refractivity contribution in [3.63, 3.8) is 0 Å². The Morgan fingerprint density at radius 2 is 1.66 bits per heavy atom. The Bertz CT molecular complexity index is 810. The van der Waals surface area contributed by atoms with E-state index in [1.807, 2.05) is 12.1 Å². The summed E-state index contributed by atoms with van der Waals surface area (Å²) in [6, 6.07) is 7.92. The number of aryl methyl sites for hydroxylation is 1. The van der Waals surface area contributed by atoms with Crippen molar-refractivity contribution >= 4 is 23.5 Å². The van der Waals surface area contributed by atoms with Crippen LogP contribution >= 0.6 is 0 Å². The second-order valence-electron chi connectivity index (χ2n) is 8.48. The lowest BCUT2D eigenvalue weighted by Gasteiger charge is -2.37. The first-order valence-electron chi connectivity index (χ1n) is 10.6. The van der Waals surface area contributed by atoms with Crippen molar-refractivity contribution in [1.29, 1.82) is 0 Å². The summed E-state index contributed by atoms with van der Waals surface area (Å²) < 4.78 is 0. The molecular weight excluding hydrogens is 368 g/mol. The van der Waals surface area contributed by atoms with Crippen molar-refractivity contribution in [2.45, 2.75) is 44.6 Å². The lowest BCUT2D eigenvalue weighted by Crippen LogP contribution is -2.52. The molecule has 0 unspecified atom stereocenters. The maximum absolute atomic E-state index is 13.1. The molecule has 0 bridgehead atoms. The van der Waals surface area contributed by atoms with Gasteiger partial charge in [-0.2, -0.15) is 0 Å². The van der Waals surface area contributed by atoms with E-state index < -0.39 is 5.54 Å². The first-order valence-corrected chi connectivity index (χ1v) is 10.6. The van der Waals surface area contributed by atoms with E-state index in [1.54, 1.807) is 16.8 Å². The van der Waals surface area contributed by atoms with Gasteiger partial charge in [0.25, 0.3) is 5.91 Å². The number of hydrogen-bond donors (Lipinski definition) is 0. The Morgan fingerprint density at radius 3 is 2.31 bits per heavy atom. The molecule has 0 N–H and O–H groups in total. The minimum absolute atomic E-state index is 0.141. The van der Waals surface area contributed by atoms with Crippen LogP contribution in [0.2, 0.25) is 0 Å². The van der Waals surface area contributed by atoms with Gasteiger partial charge in [0.1, 0.15) is 12.1 Å². The second kappa shape index (κ2) is 7.69. The van der Waals surface area contributed by atoms with Crippen molar-refractivity contribution < 1.29 is 14.4 Å². The number of benzene rings is 1. The summed E-state index contributed by atoms with van der Waals surface area (Å²) in [5, 5.41) is 0. The number of hydrogen-bond acceptors (Lipinski definition) is 4. The van der Waals surface area contributed by atoms with Crippen LogP contribution in [0.4, 0.5) is 10.5 Å². The smallest absolute Gasteiger partial charge is 0.327 e. The minimum Gasteiger partial charge on any atom is -0.368 e. The molecule has 4 amide bonds. The van der Waals surface area contributed by atoms with Gasteiger partial charge in [-0.3, -0.25) is 14.5 Å². The van der Waals surface area contributed by atoms with Gasteiger partial charge < -0.3 is 14.7 Å². The highest BCUT2D eigenvalue weighted by Crippen LogP contribution is 2.39. The number of amides is 4. The number of anilines is 1. The molecule has 0 radical (unpaired) electrons. The average molecular weight is 399 g/mol. The molecule has 0 atom stereocenters. The van der Waals surface area contributed by atoms with Crippen molar-refractivity contribution in [2.75, 3.05) is 44.7 Å². The molecule has 156 valence electrons. The molecule has 0 aromatic heterocycles. The third kappa shape index (κ3) is 3.36. The van der Waals surface area contributed by atoms with Crippen LogP contribution in [0.25, 0.3) is 0 Å². The zero-order chi connectivity index (χ0) is 20.6. The number of para-hydroxylation sites is 1.